The molecule has 1 aromatic rings. The number of piperidine rings is 3. The Bertz CT molecular complexity index is 809. The van der Waals surface area contributed by atoms with Crippen molar-refractivity contribution in [3.63, 3.8) is 0 Å². The monoisotopic (exact) mass is 434 g/mol. The Hall–Kier alpha value is -2.26. The van der Waals surface area contributed by atoms with Crippen molar-refractivity contribution in [3.8, 4) is 0 Å². The van der Waals surface area contributed by atoms with Gasteiger partial charge in [-0.25, -0.2) is 0 Å². The van der Waals surface area contributed by atoms with Crippen LogP contribution in [-0.2, 0) is 16.1 Å². The summed E-state index contributed by atoms with van der Waals surface area (Å²) in [6, 6.07) is 0.672. The lowest BCUT2D eigenvalue weighted by Crippen LogP contribution is -2.65. The minimum atomic E-state index is -0.250. The number of ketones is 1. The number of hydrogen-bond acceptors (Lipinski definition) is 6. The first-order valence-electron chi connectivity index (χ1n) is 11.1. The number of amides is 1. The minimum Gasteiger partial charge on any atom is -0.483 e. The number of aromatic nitrogens is 2. The number of nitrogens with zero attached hydrogens (tertiary/aromatic N) is 4. The van der Waals surface area contributed by atoms with Gasteiger partial charge in [0.2, 0.25) is 5.91 Å². The van der Waals surface area contributed by atoms with Gasteiger partial charge in [-0.1, -0.05) is 6.42 Å². The van der Waals surface area contributed by atoms with E-state index in [1.807, 2.05) is 18.7 Å². The molecule has 3 aliphatic heterocycles. The summed E-state index contributed by atoms with van der Waals surface area (Å²) in [6.07, 6.45) is 4.75. The van der Waals surface area contributed by atoms with E-state index in [2.05, 4.69) is 10.00 Å². The van der Waals surface area contributed by atoms with Crippen molar-refractivity contribution in [1.82, 2.24) is 19.6 Å². The highest BCUT2D eigenvalue weighted by molar-refractivity contribution is 5.96. The van der Waals surface area contributed by atoms with E-state index in [9.17, 15) is 14.7 Å². The van der Waals surface area contributed by atoms with Crippen LogP contribution in [0.1, 0.15) is 54.4 Å². The summed E-state index contributed by atoms with van der Waals surface area (Å²) in [5.41, 5.74) is 2.08. The highest BCUT2D eigenvalue weighted by Crippen LogP contribution is 2.41. The molecule has 0 saturated carbocycles. The first kappa shape index (κ1) is 23.4. The predicted octanol–water partition coefficient (Wildman–Crippen LogP) is 1.10. The second-order valence-corrected chi connectivity index (χ2v) is 8.97. The van der Waals surface area contributed by atoms with Crippen molar-refractivity contribution in [2.75, 3.05) is 26.2 Å². The van der Waals surface area contributed by atoms with Crippen LogP contribution >= 0.6 is 0 Å². The number of aliphatic hydroxyl groups excluding tert-OH is 1. The van der Waals surface area contributed by atoms with E-state index < -0.39 is 0 Å². The van der Waals surface area contributed by atoms with Crippen molar-refractivity contribution in [2.45, 2.75) is 65.1 Å². The third-order valence-corrected chi connectivity index (χ3v) is 7.18. The van der Waals surface area contributed by atoms with E-state index in [0.717, 1.165) is 25.2 Å². The second kappa shape index (κ2) is 9.91. The summed E-state index contributed by atoms with van der Waals surface area (Å²) in [4.78, 5) is 37.8. The molecular formula is C22H34N4O5. The molecule has 1 aromatic heterocycles. The normalized spacial score (nSPS) is 27.7. The van der Waals surface area contributed by atoms with Crippen LogP contribution in [0.3, 0.4) is 0 Å². The zero-order valence-corrected chi connectivity index (χ0v) is 18.7. The van der Waals surface area contributed by atoms with E-state index in [-0.39, 0.29) is 37.4 Å². The Morgan fingerprint density at radius 3 is 2.48 bits per heavy atom. The zero-order chi connectivity index (χ0) is 22.7. The maximum absolute atomic E-state index is 13.1. The van der Waals surface area contributed by atoms with E-state index in [1.54, 1.807) is 11.6 Å². The third kappa shape index (κ3) is 4.67. The smallest absolute Gasteiger partial charge is 0.290 e. The number of likely N-dealkylation sites (tertiary alicyclic amines) is 1. The van der Waals surface area contributed by atoms with Gasteiger partial charge in [0, 0.05) is 30.9 Å². The standard InChI is InChI=1S/C21H32N4O3.CH2O2/c1-13-21(15(3)27)14(2)25(22-13)11-20(28)23-9-16-8-17(10-23)19(12-26)24-7-5-4-6-18(16)24;2-1-3/h16-19,26H,4-12H2,1-3H3;1H,(H,2,3)/t16-,17+,18+,19+;/m1./s1. The lowest BCUT2D eigenvalue weighted by atomic mass is 9.72. The number of carbonyl (C=O) groups excluding carboxylic acids is 2. The van der Waals surface area contributed by atoms with Crippen molar-refractivity contribution >= 4 is 18.2 Å². The summed E-state index contributed by atoms with van der Waals surface area (Å²) in [7, 11) is 0. The molecule has 4 heterocycles. The molecule has 0 spiro atoms. The topological polar surface area (TPSA) is 116 Å². The van der Waals surface area contributed by atoms with Crippen LogP contribution < -0.4 is 0 Å². The highest BCUT2D eigenvalue weighted by atomic mass is 16.3. The van der Waals surface area contributed by atoms with Crippen LogP contribution in [0.2, 0.25) is 0 Å². The van der Waals surface area contributed by atoms with Gasteiger partial charge in [0.05, 0.1) is 17.9 Å². The van der Waals surface area contributed by atoms with Crippen molar-refractivity contribution in [3.05, 3.63) is 17.0 Å². The number of aliphatic hydroxyl groups is 1. The Morgan fingerprint density at radius 1 is 1.19 bits per heavy atom. The summed E-state index contributed by atoms with van der Waals surface area (Å²) < 4.78 is 1.68. The van der Waals surface area contributed by atoms with E-state index in [0.29, 0.717) is 35.7 Å². The maximum Gasteiger partial charge on any atom is 0.290 e. The summed E-state index contributed by atoms with van der Waals surface area (Å²) >= 11 is 0. The second-order valence-electron chi connectivity index (χ2n) is 8.97. The van der Waals surface area contributed by atoms with Crippen LogP contribution in [-0.4, -0.2) is 86.3 Å². The molecule has 9 heteroatoms. The largest absolute Gasteiger partial charge is 0.483 e. The quantitative estimate of drug-likeness (QED) is 0.538. The SMILES string of the molecule is CC(=O)c1c(C)nn(CC(=O)N2C[C@H]3C[C@@H](C2)[C@H](CO)N2CCCC[C@@H]32)c1C.O=CO. The molecule has 0 aromatic carbocycles. The Morgan fingerprint density at radius 2 is 1.87 bits per heavy atom. The molecule has 2 N–H and O–H groups in total. The van der Waals surface area contributed by atoms with E-state index in [4.69, 9.17) is 9.90 Å². The van der Waals surface area contributed by atoms with Crippen molar-refractivity contribution < 1.29 is 24.6 Å². The average Bonchev–Trinajstić information content (AvgIpc) is 3.02. The molecule has 3 fully saturated rings. The van der Waals surface area contributed by atoms with Gasteiger partial charge in [-0.2, -0.15) is 5.10 Å². The molecule has 1 amide bonds. The lowest BCUT2D eigenvalue weighted by molar-refractivity contribution is -0.143. The molecule has 2 bridgehead atoms. The van der Waals surface area contributed by atoms with Crippen LogP contribution in [0.15, 0.2) is 0 Å². The Labute approximate surface area is 183 Å². The number of rotatable bonds is 4. The third-order valence-electron chi connectivity index (χ3n) is 7.18. The predicted molar refractivity (Wildman–Crippen MR) is 114 cm³/mol. The molecule has 172 valence electrons. The summed E-state index contributed by atoms with van der Waals surface area (Å²) in [5.74, 6) is 0.898. The Kier molecular flexibility index (Phi) is 7.48. The van der Waals surface area contributed by atoms with E-state index in [1.165, 1.54) is 19.3 Å². The first-order valence-corrected chi connectivity index (χ1v) is 11.1. The van der Waals surface area contributed by atoms with Gasteiger partial charge in [0.25, 0.3) is 6.47 Å². The van der Waals surface area contributed by atoms with Crippen LogP contribution in [0.4, 0.5) is 0 Å². The zero-order valence-electron chi connectivity index (χ0n) is 18.7. The molecule has 4 atom stereocenters. The fraction of sp³-hybridized carbons (Fsp3) is 0.727. The highest BCUT2D eigenvalue weighted by Gasteiger charge is 2.47. The first-order chi connectivity index (χ1) is 14.8. The number of carbonyl (C=O) groups is 3. The van der Waals surface area contributed by atoms with E-state index >= 15 is 0 Å². The van der Waals surface area contributed by atoms with Gasteiger partial charge >= 0.3 is 0 Å². The number of hydrogen-bond donors (Lipinski definition) is 2. The summed E-state index contributed by atoms with van der Waals surface area (Å²) in [6.45, 7) is 7.91. The van der Waals surface area contributed by atoms with Crippen molar-refractivity contribution in [2.24, 2.45) is 11.8 Å². The van der Waals surface area contributed by atoms with Crippen molar-refractivity contribution in [1.29, 1.82) is 0 Å². The minimum absolute atomic E-state index is 0.00983. The molecule has 9 nitrogen and oxygen atoms in total. The van der Waals surface area contributed by atoms with Gasteiger partial charge in [-0.05, 0) is 58.4 Å². The van der Waals surface area contributed by atoms with Gasteiger partial charge in [-0.3, -0.25) is 24.0 Å². The molecule has 0 unspecified atom stereocenters. The molecule has 0 aliphatic carbocycles. The van der Waals surface area contributed by atoms with Crippen LogP contribution in [0.5, 0.6) is 0 Å². The number of fused-ring (bicyclic) bond motifs is 4. The molecular weight excluding hydrogens is 400 g/mol. The van der Waals surface area contributed by atoms with Crippen LogP contribution in [0, 0.1) is 25.7 Å². The molecule has 3 aliphatic rings. The van der Waals surface area contributed by atoms with Crippen LogP contribution in [0.25, 0.3) is 0 Å². The lowest BCUT2D eigenvalue weighted by Gasteiger charge is -2.56. The molecule has 4 rings (SSSR count). The van der Waals surface area contributed by atoms with Gasteiger partial charge < -0.3 is 15.1 Å². The fourth-order valence-corrected chi connectivity index (χ4v) is 5.95. The number of aryl methyl sites for hydroxylation is 1. The molecule has 31 heavy (non-hydrogen) atoms. The average molecular weight is 435 g/mol. The van der Waals surface area contributed by atoms with Gasteiger partial charge in [0.1, 0.15) is 6.54 Å². The molecule has 3 saturated heterocycles. The number of Topliss-reactive ketones (excluding diaryl/α,β-unsaturated/α-hetero) is 1. The van der Waals surface area contributed by atoms with Gasteiger partial charge in [-0.15, -0.1) is 0 Å². The van der Waals surface area contributed by atoms with Gasteiger partial charge in [0.15, 0.2) is 5.78 Å². The summed E-state index contributed by atoms with van der Waals surface area (Å²) in [5, 5.41) is 21.4. The fourth-order valence-electron chi connectivity index (χ4n) is 5.95. The molecule has 0 radical (unpaired) electrons. The maximum atomic E-state index is 13.1. The number of carboxylic acid groups (broad SMARTS) is 1. The Balaban J connectivity index is 0.000000858.